The van der Waals surface area contributed by atoms with E-state index in [0.717, 1.165) is 19.5 Å². The van der Waals surface area contributed by atoms with E-state index >= 15 is 0 Å². The van der Waals surface area contributed by atoms with Crippen LogP contribution in [0, 0.1) is 5.92 Å². The smallest absolute Gasteiger partial charge is 0.257 e. The summed E-state index contributed by atoms with van der Waals surface area (Å²) >= 11 is 5.87. The summed E-state index contributed by atoms with van der Waals surface area (Å²) in [5, 5.41) is 6.32. The number of nitrogens with zero attached hydrogens (tertiary/aromatic N) is 1. The molecule has 0 bridgehead atoms. The van der Waals surface area contributed by atoms with Crippen LogP contribution in [0.15, 0.2) is 48.5 Å². The molecular formula is C21H24ClN3O2. The summed E-state index contributed by atoms with van der Waals surface area (Å²) in [4.78, 5) is 27.3. The normalized spacial score (nSPS) is 17.3. The molecule has 1 atom stereocenters. The van der Waals surface area contributed by atoms with Crippen molar-refractivity contribution in [2.45, 2.75) is 19.8 Å². The zero-order valence-corrected chi connectivity index (χ0v) is 16.1. The third-order valence-electron chi connectivity index (χ3n) is 4.66. The van der Waals surface area contributed by atoms with Gasteiger partial charge >= 0.3 is 0 Å². The predicted octanol–water partition coefficient (Wildman–Crippen LogP) is 4.26. The van der Waals surface area contributed by atoms with Crippen LogP contribution in [0.1, 0.15) is 30.1 Å². The van der Waals surface area contributed by atoms with Crippen molar-refractivity contribution in [1.82, 2.24) is 4.90 Å². The number of likely N-dealkylation sites (tertiary alicyclic amines) is 1. The highest BCUT2D eigenvalue weighted by Gasteiger charge is 2.19. The van der Waals surface area contributed by atoms with Crippen LogP contribution in [0.5, 0.6) is 0 Å². The van der Waals surface area contributed by atoms with E-state index in [0.29, 0.717) is 34.4 Å². The summed E-state index contributed by atoms with van der Waals surface area (Å²) in [6.45, 7) is 4.43. The van der Waals surface area contributed by atoms with Crippen molar-refractivity contribution >= 4 is 34.8 Å². The number of amides is 2. The van der Waals surface area contributed by atoms with Gasteiger partial charge in [-0.3, -0.25) is 14.5 Å². The molecule has 0 unspecified atom stereocenters. The third-order valence-corrected chi connectivity index (χ3v) is 4.91. The van der Waals surface area contributed by atoms with Gasteiger partial charge in [0, 0.05) is 17.3 Å². The topological polar surface area (TPSA) is 61.4 Å². The van der Waals surface area contributed by atoms with E-state index in [1.165, 1.54) is 6.42 Å². The number of nitrogens with one attached hydrogen (secondary N) is 2. The Hall–Kier alpha value is -2.37. The second kappa shape index (κ2) is 9.02. The second-order valence-corrected chi connectivity index (χ2v) is 7.47. The molecule has 0 spiro atoms. The van der Waals surface area contributed by atoms with Gasteiger partial charge < -0.3 is 10.6 Å². The summed E-state index contributed by atoms with van der Waals surface area (Å²) in [5.41, 5.74) is 1.58. The Labute approximate surface area is 164 Å². The van der Waals surface area contributed by atoms with Gasteiger partial charge in [0.1, 0.15) is 0 Å². The van der Waals surface area contributed by atoms with Crippen molar-refractivity contribution in [2.75, 3.05) is 30.3 Å². The van der Waals surface area contributed by atoms with E-state index in [9.17, 15) is 9.59 Å². The Morgan fingerprint density at radius 2 is 1.85 bits per heavy atom. The van der Waals surface area contributed by atoms with Crippen molar-refractivity contribution in [1.29, 1.82) is 0 Å². The molecule has 0 saturated carbocycles. The molecular weight excluding hydrogens is 362 g/mol. The van der Waals surface area contributed by atoms with Crippen LogP contribution in [0.25, 0.3) is 0 Å². The van der Waals surface area contributed by atoms with Gasteiger partial charge in [0.15, 0.2) is 0 Å². The molecule has 1 saturated heterocycles. The quantitative estimate of drug-likeness (QED) is 0.808. The summed E-state index contributed by atoms with van der Waals surface area (Å²) in [6.07, 6.45) is 2.33. The lowest BCUT2D eigenvalue weighted by molar-refractivity contribution is -0.117. The second-order valence-electron chi connectivity index (χ2n) is 7.04. The Morgan fingerprint density at radius 3 is 2.59 bits per heavy atom. The fraction of sp³-hybridized carbons (Fsp3) is 0.333. The van der Waals surface area contributed by atoms with Crippen LogP contribution in [-0.2, 0) is 4.79 Å². The Bertz CT molecular complexity index is 807. The number of para-hydroxylation sites is 1. The predicted molar refractivity (Wildman–Crippen MR) is 109 cm³/mol. The van der Waals surface area contributed by atoms with E-state index in [2.05, 4.69) is 22.5 Å². The summed E-state index contributed by atoms with van der Waals surface area (Å²) in [5.74, 6) is 0.236. The summed E-state index contributed by atoms with van der Waals surface area (Å²) in [7, 11) is 0. The average Bonchev–Trinajstić information content (AvgIpc) is 2.64. The van der Waals surface area contributed by atoms with Crippen molar-refractivity contribution < 1.29 is 9.59 Å². The minimum Gasteiger partial charge on any atom is -0.324 e. The lowest BCUT2D eigenvalue weighted by Gasteiger charge is -2.30. The lowest BCUT2D eigenvalue weighted by Crippen LogP contribution is -2.39. The number of rotatable bonds is 5. The number of carbonyl (C=O) groups excluding carboxylic acids is 2. The largest absolute Gasteiger partial charge is 0.324 e. The zero-order valence-electron chi connectivity index (χ0n) is 15.4. The molecule has 2 N–H and O–H groups in total. The van der Waals surface area contributed by atoms with Crippen molar-refractivity contribution in [3.8, 4) is 0 Å². The molecule has 6 heteroatoms. The molecule has 27 heavy (non-hydrogen) atoms. The molecule has 2 aromatic rings. The number of hydrogen-bond acceptors (Lipinski definition) is 3. The van der Waals surface area contributed by atoms with Gasteiger partial charge in [0.05, 0.1) is 17.8 Å². The van der Waals surface area contributed by atoms with E-state index in [1.807, 2.05) is 0 Å². The lowest BCUT2D eigenvalue weighted by atomic mass is 10.0. The number of carbonyl (C=O) groups is 2. The van der Waals surface area contributed by atoms with E-state index in [1.54, 1.807) is 48.5 Å². The molecule has 1 aliphatic rings. The SMILES string of the molecule is C[C@@H]1CCCN(CC(=O)Nc2ccccc2C(=O)Nc2ccc(Cl)cc2)C1. The molecule has 0 aliphatic carbocycles. The van der Waals surface area contributed by atoms with Gasteiger partial charge in [-0.15, -0.1) is 0 Å². The maximum absolute atomic E-state index is 12.6. The first kappa shape index (κ1) is 19.4. The van der Waals surface area contributed by atoms with Gasteiger partial charge in [-0.2, -0.15) is 0 Å². The van der Waals surface area contributed by atoms with Crippen molar-refractivity contribution in [3.63, 3.8) is 0 Å². The van der Waals surface area contributed by atoms with Gasteiger partial charge in [0.2, 0.25) is 5.91 Å². The van der Waals surface area contributed by atoms with Crippen LogP contribution < -0.4 is 10.6 Å². The molecule has 5 nitrogen and oxygen atoms in total. The fourth-order valence-electron chi connectivity index (χ4n) is 3.34. The maximum atomic E-state index is 12.6. The van der Waals surface area contributed by atoms with Crippen LogP contribution >= 0.6 is 11.6 Å². The number of halogens is 1. The molecule has 1 aliphatic heterocycles. The van der Waals surface area contributed by atoms with Crippen molar-refractivity contribution in [2.24, 2.45) is 5.92 Å². The van der Waals surface area contributed by atoms with Gasteiger partial charge in [-0.25, -0.2) is 0 Å². The van der Waals surface area contributed by atoms with Crippen molar-refractivity contribution in [3.05, 3.63) is 59.1 Å². The van der Waals surface area contributed by atoms with E-state index in [-0.39, 0.29) is 11.8 Å². The molecule has 1 heterocycles. The Kier molecular flexibility index (Phi) is 6.48. The molecule has 2 amide bonds. The summed E-state index contributed by atoms with van der Waals surface area (Å²) in [6, 6.07) is 13.9. The molecule has 142 valence electrons. The number of anilines is 2. The number of hydrogen-bond donors (Lipinski definition) is 2. The number of benzene rings is 2. The molecule has 0 aromatic heterocycles. The zero-order chi connectivity index (χ0) is 19.2. The first-order valence-electron chi connectivity index (χ1n) is 9.19. The molecule has 1 fully saturated rings. The molecule has 2 aromatic carbocycles. The highest BCUT2D eigenvalue weighted by molar-refractivity contribution is 6.30. The van der Waals surface area contributed by atoms with Crippen LogP contribution in [0.4, 0.5) is 11.4 Å². The standard InChI is InChI=1S/C21H24ClN3O2/c1-15-5-4-12-25(13-15)14-20(26)24-19-7-3-2-6-18(19)21(27)23-17-10-8-16(22)9-11-17/h2-3,6-11,15H,4-5,12-14H2,1H3,(H,23,27)(H,24,26)/t15-/m1/s1. The third kappa shape index (κ3) is 5.55. The Morgan fingerprint density at radius 1 is 1.11 bits per heavy atom. The maximum Gasteiger partial charge on any atom is 0.257 e. The molecule has 0 radical (unpaired) electrons. The van der Waals surface area contributed by atoms with Gasteiger partial charge in [-0.1, -0.05) is 30.7 Å². The highest BCUT2D eigenvalue weighted by Crippen LogP contribution is 2.20. The van der Waals surface area contributed by atoms with Gasteiger partial charge in [0.25, 0.3) is 5.91 Å². The Balaban J connectivity index is 1.65. The fourth-order valence-corrected chi connectivity index (χ4v) is 3.47. The van der Waals surface area contributed by atoms with Crippen LogP contribution in [-0.4, -0.2) is 36.3 Å². The first-order chi connectivity index (χ1) is 13.0. The first-order valence-corrected chi connectivity index (χ1v) is 9.57. The van der Waals surface area contributed by atoms with Crippen LogP contribution in [0.2, 0.25) is 5.02 Å². The monoisotopic (exact) mass is 385 g/mol. The minimum atomic E-state index is -0.278. The number of piperidine rings is 1. The van der Waals surface area contributed by atoms with E-state index in [4.69, 9.17) is 11.6 Å². The average molecular weight is 386 g/mol. The minimum absolute atomic E-state index is 0.101. The molecule has 3 rings (SSSR count). The van der Waals surface area contributed by atoms with Gasteiger partial charge in [-0.05, 0) is 61.7 Å². The van der Waals surface area contributed by atoms with E-state index < -0.39 is 0 Å². The van der Waals surface area contributed by atoms with Crippen LogP contribution in [0.3, 0.4) is 0 Å². The highest BCUT2D eigenvalue weighted by atomic mass is 35.5. The summed E-state index contributed by atoms with van der Waals surface area (Å²) < 4.78 is 0.